The minimum atomic E-state index is -0.639. The molecule has 4 N–H and O–H groups in total. The van der Waals surface area contributed by atoms with E-state index in [4.69, 9.17) is 20.4 Å². The summed E-state index contributed by atoms with van der Waals surface area (Å²) in [6.07, 6.45) is 8.88. The highest BCUT2D eigenvalue weighted by Gasteiger charge is 2.02. The van der Waals surface area contributed by atoms with E-state index < -0.39 is 6.29 Å². The minimum absolute atomic E-state index is 0.146. The van der Waals surface area contributed by atoms with Gasteiger partial charge in [0.25, 0.3) is 6.47 Å². The first kappa shape index (κ1) is 22.8. The van der Waals surface area contributed by atoms with Gasteiger partial charge in [-0.05, 0) is 46.5 Å². The third-order valence-electron chi connectivity index (χ3n) is 2.76. The SMILES string of the molecule is C=C(/C=C\C(=C/C)CCCC(O)OCC)CC(C)N.O=CO. The number of hydrogen-bond donors (Lipinski definition) is 3. The van der Waals surface area contributed by atoms with E-state index in [1.807, 2.05) is 26.8 Å². The molecule has 0 aromatic carbocycles. The molecule has 0 rings (SSSR count). The Hall–Kier alpha value is -1.43. The van der Waals surface area contributed by atoms with Gasteiger partial charge < -0.3 is 20.7 Å². The van der Waals surface area contributed by atoms with E-state index in [1.165, 1.54) is 5.57 Å². The zero-order chi connectivity index (χ0) is 17.4. The highest BCUT2D eigenvalue weighted by molar-refractivity contribution is 5.32. The first-order chi connectivity index (χ1) is 10.4. The predicted octanol–water partition coefficient (Wildman–Crippen LogP) is 3.01. The molecule has 0 fully saturated rings. The van der Waals surface area contributed by atoms with Crippen LogP contribution in [0, 0.1) is 0 Å². The van der Waals surface area contributed by atoms with Gasteiger partial charge in [0.15, 0.2) is 6.29 Å². The lowest BCUT2D eigenvalue weighted by Crippen LogP contribution is -2.14. The van der Waals surface area contributed by atoms with Gasteiger partial charge >= 0.3 is 0 Å². The molecule has 0 aromatic rings. The molecule has 0 saturated heterocycles. The van der Waals surface area contributed by atoms with Crippen molar-refractivity contribution >= 4 is 6.47 Å². The van der Waals surface area contributed by atoms with Crippen LogP contribution in [0.4, 0.5) is 0 Å². The van der Waals surface area contributed by atoms with Crippen LogP contribution in [0.15, 0.2) is 36.0 Å². The Kier molecular flexibility index (Phi) is 16.6. The Labute approximate surface area is 134 Å². The van der Waals surface area contributed by atoms with Crippen LogP contribution in [-0.4, -0.2) is 35.6 Å². The predicted molar refractivity (Wildman–Crippen MR) is 90.5 cm³/mol. The zero-order valence-electron chi connectivity index (χ0n) is 14.0. The second-order valence-corrected chi connectivity index (χ2v) is 4.94. The van der Waals surface area contributed by atoms with Crippen LogP contribution >= 0.6 is 0 Å². The van der Waals surface area contributed by atoms with Crippen molar-refractivity contribution in [3.05, 3.63) is 36.0 Å². The normalized spacial score (nSPS) is 14.1. The van der Waals surface area contributed by atoms with Crippen molar-refractivity contribution in [2.75, 3.05) is 6.61 Å². The van der Waals surface area contributed by atoms with E-state index in [0.717, 1.165) is 24.8 Å². The van der Waals surface area contributed by atoms with Crippen molar-refractivity contribution in [1.29, 1.82) is 0 Å². The number of hydrogen-bond acceptors (Lipinski definition) is 4. The Morgan fingerprint density at radius 1 is 1.41 bits per heavy atom. The molecule has 5 nitrogen and oxygen atoms in total. The standard InChI is InChI=1S/C16H29NO2.CH2O2/c1-5-15(8-7-9-16(18)19-6-2)11-10-13(3)12-14(4)17;2-1-3/h5,10-11,14,16,18H,3,6-9,12,17H2,1-2,4H3;1H,(H,2,3)/b11-10-,15-5-;. The summed E-state index contributed by atoms with van der Waals surface area (Å²) in [6, 6.07) is 0.146. The summed E-state index contributed by atoms with van der Waals surface area (Å²) in [5.74, 6) is 0. The molecule has 0 saturated carbocycles. The maximum Gasteiger partial charge on any atom is 0.290 e. The number of ether oxygens (including phenoxy) is 1. The van der Waals surface area contributed by atoms with Crippen molar-refractivity contribution in [3.8, 4) is 0 Å². The van der Waals surface area contributed by atoms with Crippen LogP contribution in [0.1, 0.15) is 46.5 Å². The molecule has 128 valence electrons. The van der Waals surface area contributed by atoms with Crippen molar-refractivity contribution in [2.45, 2.75) is 58.8 Å². The summed E-state index contributed by atoms with van der Waals surface area (Å²) in [5.41, 5.74) is 8.01. The van der Waals surface area contributed by atoms with Crippen LogP contribution in [0.3, 0.4) is 0 Å². The Morgan fingerprint density at radius 2 is 2.00 bits per heavy atom. The quantitative estimate of drug-likeness (QED) is 0.327. The summed E-state index contributed by atoms with van der Waals surface area (Å²) in [4.78, 5) is 8.36. The van der Waals surface area contributed by atoms with Crippen LogP contribution < -0.4 is 5.73 Å². The fourth-order valence-electron chi connectivity index (χ4n) is 1.79. The van der Waals surface area contributed by atoms with E-state index in [2.05, 4.69) is 18.7 Å². The number of carbonyl (C=O) groups is 1. The van der Waals surface area contributed by atoms with Crippen LogP contribution in [0.25, 0.3) is 0 Å². The maximum atomic E-state index is 9.46. The highest BCUT2D eigenvalue weighted by atomic mass is 16.6. The average Bonchev–Trinajstić information content (AvgIpc) is 2.43. The molecule has 0 aliphatic rings. The number of rotatable bonds is 10. The summed E-state index contributed by atoms with van der Waals surface area (Å²) < 4.78 is 5.09. The summed E-state index contributed by atoms with van der Waals surface area (Å²) in [6.45, 7) is 10.2. The molecule has 0 bridgehead atoms. The topological polar surface area (TPSA) is 92.8 Å². The molecule has 0 heterocycles. The molecule has 0 aromatic heterocycles. The van der Waals surface area contributed by atoms with E-state index in [-0.39, 0.29) is 12.5 Å². The van der Waals surface area contributed by atoms with Crippen molar-refractivity contribution in [1.82, 2.24) is 0 Å². The van der Waals surface area contributed by atoms with Crippen molar-refractivity contribution in [2.24, 2.45) is 5.73 Å². The van der Waals surface area contributed by atoms with Gasteiger partial charge in [0, 0.05) is 12.6 Å². The number of carboxylic acid groups (broad SMARTS) is 1. The van der Waals surface area contributed by atoms with Gasteiger partial charge in [-0.1, -0.05) is 36.0 Å². The average molecular weight is 313 g/mol. The fraction of sp³-hybridized carbons (Fsp3) is 0.588. The molecule has 0 radical (unpaired) electrons. The molecule has 0 aliphatic heterocycles. The molecule has 0 aliphatic carbocycles. The Bertz CT molecular complexity index is 349. The number of aliphatic hydroxyl groups is 1. The Balaban J connectivity index is 0. The van der Waals surface area contributed by atoms with Crippen LogP contribution in [0.5, 0.6) is 0 Å². The molecular weight excluding hydrogens is 282 g/mol. The van der Waals surface area contributed by atoms with Gasteiger partial charge in [-0.2, -0.15) is 0 Å². The third kappa shape index (κ3) is 16.6. The van der Waals surface area contributed by atoms with E-state index in [0.29, 0.717) is 13.0 Å². The number of nitrogens with two attached hydrogens (primary N) is 1. The van der Waals surface area contributed by atoms with Crippen molar-refractivity contribution < 1.29 is 19.7 Å². The molecule has 2 unspecified atom stereocenters. The second kappa shape index (κ2) is 15.9. The maximum absolute atomic E-state index is 9.46. The summed E-state index contributed by atoms with van der Waals surface area (Å²) >= 11 is 0. The van der Waals surface area contributed by atoms with Gasteiger partial charge in [0.1, 0.15) is 0 Å². The second-order valence-electron chi connectivity index (χ2n) is 4.94. The number of aliphatic hydroxyl groups excluding tert-OH is 1. The van der Waals surface area contributed by atoms with Gasteiger partial charge in [-0.3, -0.25) is 4.79 Å². The van der Waals surface area contributed by atoms with E-state index in [1.54, 1.807) is 0 Å². The summed E-state index contributed by atoms with van der Waals surface area (Å²) in [5, 5.41) is 16.4. The number of allylic oxidation sites excluding steroid dienone is 4. The zero-order valence-corrected chi connectivity index (χ0v) is 14.0. The molecule has 0 spiro atoms. The minimum Gasteiger partial charge on any atom is -0.483 e. The lowest BCUT2D eigenvalue weighted by molar-refractivity contribution is -0.122. The smallest absolute Gasteiger partial charge is 0.290 e. The third-order valence-corrected chi connectivity index (χ3v) is 2.76. The largest absolute Gasteiger partial charge is 0.483 e. The first-order valence-electron chi connectivity index (χ1n) is 7.55. The van der Waals surface area contributed by atoms with Gasteiger partial charge in [-0.25, -0.2) is 0 Å². The Morgan fingerprint density at radius 3 is 2.45 bits per heavy atom. The molecular formula is C17H31NO4. The van der Waals surface area contributed by atoms with Crippen molar-refractivity contribution in [3.63, 3.8) is 0 Å². The lowest BCUT2D eigenvalue weighted by atomic mass is 10.0. The molecule has 5 heteroatoms. The summed E-state index contributed by atoms with van der Waals surface area (Å²) in [7, 11) is 0. The van der Waals surface area contributed by atoms with Crippen LogP contribution in [-0.2, 0) is 9.53 Å². The molecule has 0 amide bonds. The first-order valence-corrected chi connectivity index (χ1v) is 7.55. The highest BCUT2D eigenvalue weighted by Crippen LogP contribution is 2.13. The molecule has 22 heavy (non-hydrogen) atoms. The van der Waals surface area contributed by atoms with Gasteiger partial charge in [0.2, 0.25) is 0 Å². The fourth-order valence-corrected chi connectivity index (χ4v) is 1.79. The van der Waals surface area contributed by atoms with Crippen LogP contribution in [0.2, 0.25) is 0 Å². The van der Waals surface area contributed by atoms with E-state index >= 15 is 0 Å². The van der Waals surface area contributed by atoms with Gasteiger partial charge in [0.05, 0.1) is 0 Å². The van der Waals surface area contributed by atoms with Gasteiger partial charge in [-0.15, -0.1) is 0 Å². The lowest BCUT2D eigenvalue weighted by Gasteiger charge is -2.10. The monoisotopic (exact) mass is 313 g/mol. The molecule has 2 atom stereocenters. The van der Waals surface area contributed by atoms with E-state index in [9.17, 15) is 5.11 Å².